The molecule has 0 aromatic heterocycles. The maximum Gasteiger partial charge on any atom is 0.360 e. The lowest BCUT2D eigenvalue weighted by Crippen LogP contribution is -2.07. The van der Waals surface area contributed by atoms with E-state index < -0.39 is 13.6 Å². The van der Waals surface area contributed by atoms with E-state index in [1.54, 1.807) is 36.4 Å². The highest BCUT2D eigenvalue weighted by Gasteiger charge is 2.24. The Bertz CT molecular complexity index is 687. The van der Waals surface area contributed by atoms with Gasteiger partial charge in [-0.15, -0.1) is 0 Å². The summed E-state index contributed by atoms with van der Waals surface area (Å²) in [5, 5.41) is 2.12. The van der Waals surface area contributed by atoms with Gasteiger partial charge in [0.25, 0.3) is 0 Å². The highest BCUT2D eigenvalue weighted by molar-refractivity contribution is 7.62. The number of ether oxygens (including phenoxy) is 1. The first-order valence-corrected chi connectivity index (χ1v) is 7.42. The highest BCUT2D eigenvalue weighted by Crippen LogP contribution is 2.45. The fourth-order valence-corrected chi connectivity index (χ4v) is 3.06. The van der Waals surface area contributed by atoms with Crippen molar-refractivity contribution in [2.45, 2.75) is 0 Å². The summed E-state index contributed by atoms with van der Waals surface area (Å²) < 4.78 is 26.9. The van der Waals surface area contributed by atoms with E-state index in [1.165, 1.54) is 21.3 Å². The fraction of sp³-hybridized carbons (Fsp3) is 0.214. The Morgan fingerprint density at radius 3 is 2.20 bits per heavy atom. The van der Waals surface area contributed by atoms with E-state index in [4.69, 9.17) is 9.05 Å². The van der Waals surface area contributed by atoms with Gasteiger partial charge in [0, 0.05) is 14.2 Å². The number of hydrogen-bond acceptors (Lipinski definition) is 5. The van der Waals surface area contributed by atoms with Crippen molar-refractivity contribution in [3.05, 3.63) is 42.0 Å². The largest absolute Gasteiger partial charge is 0.465 e. The predicted molar refractivity (Wildman–Crippen MR) is 76.5 cm³/mol. The van der Waals surface area contributed by atoms with Gasteiger partial charge >= 0.3 is 13.6 Å². The summed E-state index contributed by atoms with van der Waals surface area (Å²) in [5.74, 6) is -0.418. The summed E-state index contributed by atoms with van der Waals surface area (Å²) in [6, 6.07) is 10.3. The van der Waals surface area contributed by atoms with Crippen molar-refractivity contribution in [1.82, 2.24) is 0 Å². The van der Waals surface area contributed by atoms with Crippen LogP contribution < -0.4 is 5.30 Å². The third-order valence-electron chi connectivity index (χ3n) is 3.04. The van der Waals surface area contributed by atoms with Crippen molar-refractivity contribution in [2.24, 2.45) is 0 Å². The van der Waals surface area contributed by atoms with Crippen molar-refractivity contribution < 1.29 is 23.1 Å². The van der Waals surface area contributed by atoms with Gasteiger partial charge in [0.1, 0.15) is 0 Å². The van der Waals surface area contributed by atoms with Crippen molar-refractivity contribution in [3.63, 3.8) is 0 Å². The maximum absolute atomic E-state index is 12.3. The summed E-state index contributed by atoms with van der Waals surface area (Å²) in [4.78, 5) is 11.5. The van der Waals surface area contributed by atoms with Crippen molar-refractivity contribution in [1.29, 1.82) is 0 Å². The molecule has 2 rings (SSSR count). The number of carbonyl (C=O) groups is 1. The Morgan fingerprint density at radius 2 is 1.60 bits per heavy atom. The van der Waals surface area contributed by atoms with Crippen LogP contribution in [-0.2, 0) is 18.3 Å². The third kappa shape index (κ3) is 2.61. The second-order valence-corrected chi connectivity index (χ2v) is 6.34. The van der Waals surface area contributed by atoms with E-state index in [0.717, 1.165) is 10.8 Å². The molecule has 0 saturated heterocycles. The summed E-state index contributed by atoms with van der Waals surface area (Å²) >= 11 is 0. The van der Waals surface area contributed by atoms with Gasteiger partial charge in [0.2, 0.25) is 0 Å². The van der Waals surface area contributed by atoms with Crippen molar-refractivity contribution >= 4 is 29.6 Å². The van der Waals surface area contributed by atoms with Gasteiger partial charge in [0.05, 0.1) is 18.0 Å². The van der Waals surface area contributed by atoms with E-state index in [0.29, 0.717) is 10.9 Å². The molecule has 0 atom stereocenters. The fourth-order valence-electron chi connectivity index (χ4n) is 1.93. The molecule has 0 aliphatic rings. The smallest absolute Gasteiger partial charge is 0.360 e. The van der Waals surface area contributed by atoms with E-state index in [2.05, 4.69) is 4.74 Å². The van der Waals surface area contributed by atoms with Gasteiger partial charge in [-0.1, -0.05) is 12.1 Å². The highest BCUT2D eigenvalue weighted by atomic mass is 31.2. The quantitative estimate of drug-likeness (QED) is 0.641. The minimum atomic E-state index is -3.30. The summed E-state index contributed by atoms with van der Waals surface area (Å²) in [7, 11) is 0.692. The van der Waals surface area contributed by atoms with Crippen LogP contribution >= 0.6 is 7.60 Å². The first-order chi connectivity index (χ1) is 9.54. The lowest BCUT2D eigenvalue weighted by molar-refractivity contribution is 0.0601. The Hall–Kier alpha value is -1.68. The SMILES string of the molecule is COC(=O)c1ccc2ccc(P(=O)(OC)OC)cc2c1. The van der Waals surface area contributed by atoms with Crippen LogP contribution in [0.4, 0.5) is 0 Å². The van der Waals surface area contributed by atoms with Gasteiger partial charge in [-0.25, -0.2) is 4.79 Å². The van der Waals surface area contributed by atoms with Crippen molar-refractivity contribution in [3.8, 4) is 0 Å². The predicted octanol–water partition coefficient (Wildman–Crippen LogP) is 2.74. The molecular weight excluding hydrogens is 279 g/mol. The molecule has 0 bridgehead atoms. The molecule has 2 aromatic rings. The lowest BCUT2D eigenvalue weighted by atomic mass is 10.1. The van der Waals surface area contributed by atoms with Crippen LogP contribution in [0.15, 0.2) is 36.4 Å². The van der Waals surface area contributed by atoms with Gasteiger partial charge < -0.3 is 13.8 Å². The lowest BCUT2D eigenvalue weighted by Gasteiger charge is -2.14. The number of hydrogen-bond donors (Lipinski definition) is 0. The molecule has 0 aliphatic heterocycles. The molecule has 0 radical (unpaired) electrons. The van der Waals surface area contributed by atoms with Crippen LogP contribution in [0, 0.1) is 0 Å². The van der Waals surface area contributed by atoms with E-state index >= 15 is 0 Å². The zero-order valence-electron chi connectivity index (χ0n) is 11.5. The first-order valence-electron chi connectivity index (χ1n) is 5.88. The number of carbonyl (C=O) groups excluding carboxylic acids is 1. The number of esters is 1. The molecule has 0 saturated carbocycles. The summed E-state index contributed by atoms with van der Waals surface area (Å²) in [6.45, 7) is 0. The topological polar surface area (TPSA) is 61.8 Å². The molecule has 0 spiro atoms. The first kappa shape index (κ1) is 14.7. The molecule has 0 heterocycles. The van der Waals surface area contributed by atoms with Gasteiger partial charge in [-0.3, -0.25) is 4.57 Å². The summed E-state index contributed by atoms with van der Waals surface area (Å²) in [6.07, 6.45) is 0. The Kier molecular flexibility index (Phi) is 4.23. The zero-order valence-corrected chi connectivity index (χ0v) is 12.3. The maximum atomic E-state index is 12.3. The Labute approximate surface area is 117 Å². The molecule has 0 unspecified atom stereocenters. The van der Waals surface area contributed by atoms with E-state index in [9.17, 15) is 9.36 Å². The summed E-state index contributed by atoms with van der Waals surface area (Å²) in [5.41, 5.74) is 0.432. The molecule has 0 fully saturated rings. The zero-order chi connectivity index (χ0) is 14.8. The minimum Gasteiger partial charge on any atom is -0.465 e. The minimum absolute atomic E-state index is 0.418. The Morgan fingerprint density at radius 1 is 0.950 bits per heavy atom. The van der Waals surface area contributed by atoms with Gasteiger partial charge in [-0.05, 0) is 35.0 Å². The van der Waals surface area contributed by atoms with Gasteiger partial charge in [0.15, 0.2) is 0 Å². The van der Waals surface area contributed by atoms with Crippen LogP contribution in [-0.4, -0.2) is 27.3 Å². The number of fused-ring (bicyclic) bond motifs is 1. The van der Waals surface area contributed by atoms with E-state index in [-0.39, 0.29) is 0 Å². The second kappa shape index (κ2) is 5.75. The monoisotopic (exact) mass is 294 g/mol. The average Bonchev–Trinajstić information content (AvgIpc) is 2.52. The molecule has 20 heavy (non-hydrogen) atoms. The normalized spacial score (nSPS) is 11.6. The average molecular weight is 294 g/mol. The number of benzene rings is 2. The molecular formula is C14H15O5P. The van der Waals surface area contributed by atoms with Crippen molar-refractivity contribution in [2.75, 3.05) is 21.3 Å². The molecule has 6 heteroatoms. The Balaban J connectivity index is 2.57. The number of rotatable bonds is 4. The van der Waals surface area contributed by atoms with Crippen LogP contribution in [0.2, 0.25) is 0 Å². The molecule has 0 amide bonds. The van der Waals surface area contributed by atoms with Crippen LogP contribution in [0.25, 0.3) is 10.8 Å². The molecule has 0 N–H and O–H groups in total. The molecule has 2 aromatic carbocycles. The molecule has 0 aliphatic carbocycles. The second-order valence-electron chi connectivity index (χ2n) is 4.10. The van der Waals surface area contributed by atoms with Crippen LogP contribution in [0.3, 0.4) is 0 Å². The molecule has 106 valence electrons. The molecule has 5 nitrogen and oxygen atoms in total. The van der Waals surface area contributed by atoms with Crippen LogP contribution in [0.1, 0.15) is 10.4 Å². The van der Waals surface area contributed by atoms with Gasteiger partial charge in [-0.2, -0.15) is 0 Å². The number of methoxy groups -OCH3 is 1. The van der Waals surface area contributed by atoms with Crippen LogP contribution in [0.5, 0.6) is 0 Å². The van der Waals surface area contributed by atoms with E-state index in [1.807, 2.05) is 0 Å². The third-order valence-corrected chi connectivity index (χ3v) is 4.91. The standard InChI is InChI=1S/C14H15O5P/c1-17-14(15)11-5-4-10-6-7-13(9-12(10)8-11)20(16,18-2)19-3/h4-9H,1-3H3.